The summed E-state index contributed by atoms with van der Waals surface area (Å²) in [6.07, 6.45) is 0.503. The number of aliphatic hydroxyl groups is 1. The largest absolute Gasteiger partial charge is 0.378 e. The minimum absolute atomic E-state index is 0.0703. The molecule has 1 saturated carbocycles. The lowest BCUT2D eigenvalue weighted by atomic mass is 9.76. The van der Waals surface area contributed by atoms with Crippen molar-refractivity contribution in [2.45, 2.75) is 30.9 Å². The van der Waals surface area contributed by atoms with E-state index in [1.807, 2.05) is 6.07 Å². The Bertz CT molecular complexity index is 636. The molecule has 1 amide bonds. The number of rotatable bonds is 4. The number of carbonyl (C=O) groups excluding carboxylic acids is 1. The van der Waals surface area contributed by atoms with E-state index in [0.717, 1.165) is 18.4 Å². The van der Waals surface area contributed by atoms with Crippen molar-refractivity contribution in [3.8, 4) is 0 Å². The molecule has 3 rings (SSSR count). The predicted octanol–water partition coefficient (Wildman–Crippen LogP) is 2.92. The number of hydrogen-bond donors (Lipinski definition) is 2. The van der Waals surface area contributed by atoms with Gasteiger partial charge in [0.1, 0.15) is 5.82 Å². The minimum Gasteiger partial charge on any atom is -0.378 e. The van der Waals surface area contributed by atoms with Crippen LogP contribution >= 0.6 is 0 Å². The van der Waals surface area contributed by atoms with E-state index in [4.69, 9.17) is 0 Å². The Morgan fingerprint density at radius 1 is 1.09 bits per heavy atom. The molecule has 0 heterocycles. The molecule has 0 spiro atoms. The summed E-state index contributed by atoms with van der Waals surface area (Å²) in [6.45, 7) is 0. The van der Waals surface area contributed by atoms with Gasteiger partial charge in [-0.1, -0.05) is 42.5 Å². The zero-order valence-corrected chi connectivity index (χ0v) is 12.1. The van der Waals surface area contributed by atoms with Gasteiger partial charge < -0.3 is 10.4 Å². The van der Waals surface area contributed by atoms with E-state index in [-0.39, 0.29) is 17.8 Å². The molecule has 2 aromatic rings. The Morgan fingerprint density at radius 3 is 2.36 bits per heavy atom. The van der Waals surface area contributed by atoms with Gasteiger partial charge >= 0.3 is 0 Å². The van der Waals surface area contributed by atoms with Crippen molar-refractivity contribution >= 4 is 5.91 Å². The molecule has 0 bridgehead atoms. The molecule has 22 heavy (non-hydrogen) atoms. The number of halogens is 1. The Labute approximate surface area is 128 Å². The highest BCUT2D eigenvalue weighted by Crippen LogP contribution is 2.37. The molecular formula is C18H18FNO2. The van der Waals surface area contributed by atoms with Gasteiger partial charge in [0.2, 0.25) is 0 Å². The number of aliphatic hydroxyl groups excluding tert-OH is 1. The molecule has 0 aliphatic heterocycles. The van der Waals surface area contributed by atoms with Crippen LogP contribution in [0.15, 0.2) is 54.6 Å². The van der Waals surface area contributed by atoms with Crippen molar-refractivity contribution in [3.05, 3.63) is 71.5 Å². The van der Waals surface area contributed by atoms with Crippen LogP contribution in [-0.4, -0.2) is 17.1 Å². The van der Waals surface area contributed by atoms with E-state index in [9.17, 15) is 14.3 Å². The average molecular weight is 299 g/mol. The van der Waals surface area contributed by atoms with Gasteiger partial charge in [-0.3, -0.25) is 4.79 Å². The van der Waals surface area contributed by atoms with E-state index >= 15 is 0 Å². The van der Waals surface area contributed by atoms with Crippen molar-refractivity contribution in [2.75, 3.05) is 0 Å². The summed E-state index contributed by atoms with van der Waals surface area (Å²) in [5.74, 6) is -0.257. The quantitative estimate of drug-likeness (QED) is 0.912. The van der Waals surface area contributed by atoms with Gasteiger partial charge in [-0.2, -0.15) is 0 Å². The Hall–Kier alpha value is -2.20. The van der Waals surface area contributed by atoms with Crippen LogP contribution in [0.2, 0.25) is 0 Å². The molecule has 4 heteroatoms. The molecular weight excluding hydrogens is 281 g/mol. The smallest absolute Gasteiger partial charge is 0.253 e. The number of amides is 1. The van der Waals surface area contributed by atoms with Crippen molar-refractivity contribution in [1.29, 1.82) is 0 Å². The summed E-state index contributed by atoms with van der Waals surface area (Å²) in [5.41, 5.74) is 1.69. The van der Waals surface area contributed by atoms with E-state index in [1.54, 1.807) is 36.4 Å². The van der Waals surface area contributed by atoms with Gasteiger partial charge in [-0.15, -0.1) is 0 Å². The van der Waals surface area contributed by atoms with E-state index < -0.39 is 6.10 Å². The Morgan fingerprint density at radius 2 is 1.73 bits per heavy atom. The number of hydrogen-bond acceptors (Lipinski definition) is 2. The molecule has 1 atom stereocenters. The Balaban J connectivity index is 1.51. The van der Waals surface area contributed by atoms with Crippen molar-refractivity contribution in [2.24, 2.45) is 0 Å². The van der Waals surface area contributed by atoms with E-state index in [2.05, 4.69) is 5.32 Å². The van der Waals surface area contributed by atoms with Crippen LogP contribution < -0.4 is 5.32 Å². The van der Waals surface area contributed by atoms with Gasteiger partial charge in [0.15, 0.2) is 6.10 Å². The van der Waals surface area contributed by atoms with Crippen molar-refractivity contribution in [1.82, 2.24) is 5.32 Å². The third-order valence-electron chi connectivity index (χ3n) is 4.19. The molecule has 2 N–H and O–H groups in total. The fourth-order valence-electron chi connectivity index (χ4n) is 2.81. The van der Waals surface area contributed by atoms with Crippen LogP contribution in [-0.2, 0) is 4.79 Å². The van der Waals surface area contributed by atoms with Gasteiger partial charge in [0, 0.05) is 6.04 Å². The summed E-state index contributed by atoms with van der Waals surface area (Å²) in [5, 5.41) is 12.9. The fraction of sp³-hybridized carbons (Fsp3) is 0.278. The highest BCUT2D eigenvalue weighted by Gasteiger charge is 2.32. The third kappa shape index (κ3) is 3.17. The lowest BCUT2D eigenvalue weighted by Crippen LogP contribution is -2.45. The first-order valence-electron chi connectivity index (χ1n) is 7.42. The second-order valence-electron chi connectivity index (χ2n) is 5.74. The Kier molecular flexibility index (Phi) is 4.20. The molecule has 3 nitrogen and oxygen atoms in total. The van der Waals surface area contributed by atoms with Crippen LogP contribution in [0.5, 0.6) is 0 Å². The highest BCUT2D eigenvalue weighted by molar-refractivity contribution is 5.82. The molecule has 1 aliphatic carbocycles. The second kappa shape index (κ2) is 6.28. The first-order valence-corrected chi connectivity index (χ1v) is 7.42. The molecule has 0 saturated heterocycles. The zero-order valence-electron chi connectivity index (χ0n) is 12.1. The maximum atomic E-state index is 12.9. The SMILES string of the molecule is O=C(NC1CC(c2ccc(F)cc2)C1)C(O)c1ccccc1. The maximum absolute atomic E-state index is 12.9. The maximum Gasteiger partial charge on any atom is 0.253 e. The average Bonchev–Trinajstić information content (AvgIpc) is 2.51. The molecule has 1 fully saturated rings. The lowest BCUT2D eigenvalue weighted by Gasteiger charge is -2.36. The van der Waals surface area contributed by atoms with Crippen LogP contribution in [0.1, 0.15) is 36.0 Å². The summed E-state index contributed by atoms with van der Waals surface area (Å²) >= 11 is 0. The van der Waals surface area contributed by atoms with Gasteiger partial charge in [0.25, 0.3) is 5.91 Å². The molecule has 0 radical (unpaired) electrons. The van der Waals surface area contributed by atoms with E-state index in [1.165, 1.54) is 12.1 Å². The first kappa shape index (κ1) is 14.7. The summed E-state index contributed by atoms with van der Waals surface area (Å²) in [4.78, 5) is 12.0. The van der Waals surface area contributed by atoms with Crippen LogP contribution in [0.4, 0.5) is 4.39 Å². The van der Waals surface area contributed by atoms with Gasteiger partial charge in [0.05, 0.1) is 0 Å². The minimum atomic E-state index is -1.13. The lowest BCUT2D eigenvalue weighted by molar-refractivity contribution is -0.131. The molecule has 2 aromatic carbocycles. The molecule has 1 aliphatic rings. The second-order valence-corrected chi connectivity index (χ2v) is 5.74. The van der Waals surface area contributed by atoms with Crippen LogP contribution in [0, 0.1) is 5.82 Å². The van der Waals surface area contributed by atoms with Crippen molar-refractivity contribution < 1.29 is 14.3 Å². The van der Waals surface area contributed by atoms with Crippen LogP contribution in [0.3, 0.4) is 0 Å². The molecule has 114 valence electrons. The van der Waals surface area contributed by atoms with E-state index in [0.29, 0.717) is 11.5 Å². The summed E-state index contributed by atoms with van der Waals surface area (Å²) < 4.78 is 12.9. The third-order valence-corrected chi connectivity index (χ3v) is 4.19. The monoisotopic (exact) mass is 299 g/mol. The summed E-state index contributed by atoms with van der Waals surface area (Å²) in [6, 6.07) is 15.4. The number of benzene rings is 2. The van der Waals surface area contributed by atoms with Crippen molar-refractivity contribution in [3.63, 3.8) is 0 Å². The predicted molar refractivity (Wildman–Crippen MR) is 81.7 cm³/mol. The van der Waals surface area contributed by atoms with Crippen LogP contribution in [0.25, 0.3) is 0 Å². The highest BCUT2D eigenvalue weighted by atomic mass is 19.1. The summed E-state index contributed by atoms with van der Waals surface area (Å²) in [7, 11) is 0. The van der Waals surface area contributed by atoms with Gasteiger partial charge in [-0.05, 0) is 42.0 Å². The topological polar surface area (TPSA) is 49.3 Å². The first-order chi connectivity index (χ1) is 10.6. The molecule has 0 aromatic heterocycles. The standard InChI is InChI=1S/C18H18FNO2/c19-15-8-6-12(7-9-15)14-10-16(11-14)20-18(22)17(21)13-4-2-1-3-5-13/h1-9,14,16-17,21H,10-11H2,(H,20,22). The fourth-order valence-corrected chi connectivity index (χ4v) is 2.81. The molecule has 1 unspecified atom stereocenters. The number of nitrogens with one attached hydrogen (secondary N) is 1. The number of carbonyl (C=O) groups is 1. The normalized spacial score (nSPS) is 21.7. The van der Waals surface area contributed by atoms with Gasteiger partial charge in [-0.25, -0.2) is 4.39 Å². The zero-order chi connectivity index (χ0) is 15.5.